The van der Waals surface area contributed by atoms with Gasteiger partial charge in [0, 0.05) is 6.20 Å². The van der Waals surface area contributed by atoms with Crippen LogP contribution in [0, 0.1) is 0 Å². The molecule has 0 radical (unpaired) electrons. The van der Waals surface area contributed by atoms with Crippen molar-refractivity contribution in [3.05, 3.63) is 47.8 Å². The quantitative estimate of drug-likeness (QED) is 0.624. The summed E-state index contributed by atoms with van der Waals surface area (Å²) in [7, 11) is 1.83. The minimum atomic E-state index is 0.0990. The predicted molar refractivity (Wildman–Crippen MR) is 67.1 cm³/mol. The molecule has 0 saturated heterocycles. The second kappa shape index (κ2) is 4.87. The van der Waals surface area contributed by atoms with Crippen LogP contribution < -0.4 is 0 Å². The molecule has 1 N–H and O–H groups in total. The first-order valence-corrected chi connectivity index (χ1v) is 5.52. The van der Waals surface area contributed by atoms with Gasteiger partial charge in [-0.05, 0) is 24.0 Å². The average molecular weight is 228 g/mol. The molecule has 0 bridgehead atoms. The molecule has 2 rings (SSSR count). The zero-order valence-electron chi connectivity index (χ0n) is 9.63. The Balaban J connectivity index is 2.11. The number of nitrogens with zero attached hydrogens (tertiary/aromatic N) is 2. The number of ketones is 1. The van der Waals surface area contributed by atoms with Crippen molar-refractivity contribution in [1.82, 2.24) is 9.78 Å². The van der Waals surface area contributed by atoms with Crippen LogP contribution in [0.2, 0.25) is 6.32 Å². The first kappa shape index (κ1) is 11.5. The number of carbonyl (C=O) groups excluding carboxylic acids is 1. The number of benzene rings is 1. The van der Waals surface area contributed by atoms with Gasteiger partial charge in [-0.2, -0.15) is 5.10 Å². The molecule has 0 atom stereocenters. The van der Waals surface area contributed by atoms with Gasteiger partial charge < -0.3 is 5.11 Å². The molecule has 0 aliphatic carbocycles. The lowest BCUT2D eigenvalue weighted by molar-refractivity contribution is 0.101. The van der Waals surface area contributed by atoms with E-state index in [1.165, 1.54) is 0 Å². The second-order valence-electron chi connectivity index (χ2n) is 3.87. The number of phenols is 1. The maximum Gasteiger partial charge on any atom is 0.158 e. The van der Waals surface area contributed by atoms with Crippen molar-refractivity contribution in [3.63, 3.8) is 0 Å². The number of aromatic nitrogens is 2. The van der Waals surface area contributed by atoms with Gasteiger partial charge in [0.2, 0.25) is 0 Å². The van der Waals surface area contributed by atoms with Crippen molar-refractivity contribution < 1.29 is 9.90 Å². The fourth-order valence-electron chi connectivity index (χ4n) is 1.59. The summed E-state index contributed by atoms with van der Waals surface area (Å²) in [5.74, 6) is 0.345. The Kier molecular flexibility index (Phi) is 3.28. The summed E-state index contributed by atoms with van der Waals surface area (Å²) >= 11 is 0. The van der Waals surface area contributed by atoms with E-state index >= 15 is 0 Å². The number of phenolic OH excluding ortho intramolecular Hbond substituents is 1. The summed E-state index contributed by atoms with van der Waals surface area (Å²) in [6.07, 6.45) is 3.83. The fourth-order valence-corrected chi connectivity index (χ4v) is 1.59. The van der Waals surface area contributed by atoms with Crippen molar-refractivity contribution in [2.75, 3.05) is 0 Å². The molecule has 86 valence electrons. The van der Waals surface area contributed by atoms with E-state index in [4.69, 9.17) is 5.11 Å². The SMILES string of the molecule is BCC(=O)c1cnn(Cc2ccc(O)cc2)c1. The lowest BCUT2D eigenvalue weighted by Gasteiger charge is -2.01. The Morgan fingerprint density at radius 2 is 2.06 bits per heavy atom. The molecule has 0 saturated carbocycles. The molecule has 5 heteroatoms. The summed E-state index contributed by atoms with van der Waals surface area (Å²) in [5, 5.41) is 13.3. The van der Waals surface area contributed by atoms with E-state index in [-0.39, 0.29) is 11.5 Å². The van der Waals surface area contributed by atoms with Gasteiger partial charge in [-0.25, -0.2) is 0 Å². The monoisotopic (exact) mass is 228 g/mol. The van der Waals surface area contributed by atoms with Gasteiger partial charge >= 0.3 is 0 Å². The maximum atomic E-state index is 11.4. The minimum absolute atomic E-state index is 0.0990. The molecule has 0 unspecified atom stereocenters. The van der Waals surface area contributed by atoms with Crippen molar-refractivity contribution in [1.29, 1.82) is 0 Å². The number of hydrogen-bond donors (Lipinski definition) is 1. The molecule has 4 nitrogen and oxygen atoms in total. The zero-order valence-corrected chi connectivity index (χ0v) is 9.63. The van der Waals surface area contributed by atoms with Gasteiger partial charge in [0.15, 0.2) is 5.78 Å². The van der Waals surface area contributed by atoms with Gasteiger partial charge in [0.1, 0.15) is 13.6 Å². The Morgan fingerprint density at radius 3 is 2.71 bits per heavy atom. The normalized spacial score (nSPS) is 10.4. The summed E-state index contributed by atoms with van der Waals surface area (Å²) in [6.45, 7) is 0.595. The first-order chi connectivity index (χ1) is 8.19. The number of aromatic hydroxyl groups is 1. The molecule has 0 aliphatic heterocycles. The summed E-state index contributed by atoms with van der Waals surface area (Å²) in [4.78, 5) is 11.4. The summed E-state index contributed by atoms with van der Waals surface area (Å²) in [5.41, 5.74) is 1.67. The standard InChI is InChI=1S/C12H13BN2O2/c13-5-12(17)10-6-14-15(8-10)7-9-1-3-11(16)4-2-9/h1-4,6,8,16H,5,7,13H2. The van der Waals surface area contributed by atoms with Crippen molar-refractivity contribution in [2.45, 2.75) is 12.9 Å². The van der Waals surface area contributed by atoms with E-state index < -0.39 is 0 Å². The van der Waals surface area contributed by atoms with Crippen molar-refractivity contribution in [2.24, 2.45) is 0 Å². The fraction of sp³-hybridized carbons (Fsp3) is 0.167. The Morgan fingerprint density at radius 1 is 1.35 bits per heavy atom. The van der Waals surface area contributed by atoms with Crippen LogP contribution in [0.1, 0.15) is 15.9 Å². The number of rotatable bonds is 4. The number of carbonyl (C=O) groups is 1. The van der Waals surface area contributed by atoms with Crippen LogP contribution in [-0.2, 0) is 6.54 Å². The van der Waals surface area contributed by atoms with Crippen LogP contribution in [0.15, 0.2) is 36.7 Å². The van der Waals surface area contributed by atoms with Gasteiger partial charge in [-0.15, -0.1) is 0 Å². The maximum absolute atomic E-state index is 11.4. The average Bonchev–Trinajstić information content (AvgIpc) is 2.80. The van der Waals surface area contributed by atoms with E-state index in [2.05, 4.69) is 5.10 Å². The highest BCUT2D eigenvalue weighted by Crippen LogP contribution is 2.11. The summed E-state index contributed by atoms with van der Waals surface area (Å²) in [6, 6.07) is 6.94. The van der Waals surface area contributed by atoms with Crippen LogP contribution in [0.25, 0.3) is 0 Å². The molecule has 1 aromatic carbocycles. The Labute approximate surface area is 100 Å². The van der Waals surface area contributed by atoms with Crippen LogP contribution >= 0.6 is 0 Å². The second-order valence-corrected chi connectivity index (χ2v) is 3.87. The van der Waals surface area contributed by atoms with E-state index in [0.717, 1.165) is 5.56 Å². The molecule has 0 aliphatic rings. The minimum Gasteiger partial charge on any atom is -0.508 e. The smallest absolute Gasteiger partial charge is 0.158 e. The van der Waals surface area contributed by atoms with Gasteiger partial charge in [-0.1, -0.05) is 12.1 Å². The molecule has 0 amide bonds. The van der Waals surface area contributed by atoms with Gasteiger partial charge in [0.05, 0.1) is 18.3 Å². The van der Waals surface area contributed by atoms with Gasteiger partial charge in [-0.3, -0.25) is 9.48 Å². The molecule has 1 heterocycles. The molecule has 1 aromatic heterocycles. The molecule has 17 heavy (non-hydrogen) atoms. The van der Waals surface area contributed by atoms with Crippen LogP contribution in [0.3, 0.4) is 0 Å². The number of hydrogen-bond acceptors (Lipinski definition) is 3. The number of Topliss-reactive ketones (excluding diaryl/α,β-unsaturated/α-hetero) is 1. The van der Waals surface area contributed by atoms with Crippen LogP contribution in [0.5, 0.6) is 5.75 Å². The highest BCUT2D eigenvalue weighted by molar-refractivity contribution is 6.23. The predicted octanol–water partition coefficient (Wildman–Crippen LogP) is 0.871. The lowest BCUT2D eigenvalue weighted by atomic mass is 9.98. The van der Waals surface area contributed by atoms with Gasteiger partial charge in [0.25, 0.3) is 0 Å². The van der Waals surface area contributed by atoms with Crippen LogP contribution in [-0.4, -0.2) is 28.5 Å². The van der Waals surface area contributed by atoms with Crippen molar-refractivity contribution >= 4 is 13.6 Å². The van der Waals surface area contributed by atoms with E-state index in [1.807, 2.05) is 20.0 Å². The molecule has 0 spiro atoms. The Hall–Kier alpha value is -2.04. The third-order valence-electron chi connectivity index (χ3n) is 2.56. The third kappa shape index (κ3) is 2.75. The topological polar surface area (TPSA) is 55.1 Å². The highest BCUT2D eigenvalue weighted by Gasteiger charge is 2.06. The highest BCUT2D eigenvalue weighted by atomic mass is 16.3. The third-order valence-corrected chi connectivity index (χ3v) is 2.56. The molecular weight excluding hydrogens is 215 g/mol. The molecule has 2 aromatic rings. The largest absolute Gasteiger partial charge is 0.508 e. The van der Waals surface area contributed by atoms with Crippen molar-refractivity contribution in [3.8, 4) is 5.75 Å². The van der Waals surface area contributed by atoms with E-state index in [9.17, 15) is 4.79 Å². The van der Waals surface area contributed by atoms with E-state index in [0.29, 0.717) is 18.4 Å². The molecule has 0 fully saturated rings. The van der Waals surface area contributed by atoms with Crippen LogP contribution in [0.4, 0.5) is 0 Å². The zero-order chi connectivity index (χ0) is 12.3. The summed E-state index contributed by atoms with van der Waals surface area (Å²) < 4.78 is 1.72. The lowest BCUT2D eigenvalue weighted by Crippen LogP contribution is -2.00. The Bertz CT molecular complexity index is 520. The van der Waals surface area contributed by atoms with E-state index in [1.54, 1.807) is 29.2 Å². The molecular formula is C12H13BN2O2. The first-order valence-electron chi connectivity index (χ1n) is 5.52.